The Morgan fingerprint density at radius 2 is 2.26 bits per heavy atom. The zero-order chi connectivity index (χ0) is 19.1. The summed E-state index contributed by atoms with van der Waals surface area (Å²) in [7, 11) is 1.83. The van der Waals surface area contributed by atoms with Gasteiger partial charge in [0.15, 0.2) is 5.96 Å². The molecule has 2 heterocycles. The molecule has 2 N–H and O–H groups in total. The molecule has 0 aliphatic carbocycles. The number of hydrogen-bond acceptors (Lipinski definition) is 4. The SMILES string of the molecule is CCN(CCNC(=NC)NCC1CN2CCCC2CO1)c1cccc(C)c1. The van der Waals surface area contributed by atoms with Gasteiger partial charge in [0.2, 0.25) is 0 Å². The van der Waals surface area contributed by atoms with Crippen molar-refractivity contribution >= 4 is 11.6 Å². The number of hydrogen-bond donors (Lipinski definition) is 2. The molecule has 3 rings (SSSR count). The number of morpholine rings is 1. The monoisotopic (exact) mass is 373 g/mol. The van der Waals surface area contributed by atoms with Crippen LogP contribution in [-0.2, 0) is 4.74 Å². The minimum atomic E-state index is 0.248. The molecule has 2 fully saturated rings. The first-order valence-corrected chi connectivity index (χ1v) is 10.3. The molecule has 0 bridgehead atoms. The molecule has 1 aromatic carbocycles. The minimum Gasteiger partial charge on any atom is -0.373 e. The van der Waals surface area contributed by atoms with Gasteiger partial charge in [-0.15, -0.1) is 0 Å². The Morgan fingerprint density at radius 3 is 3.04 bits per heavy atom. The maximum Gasteiger partial charge on any atom is 0.191 e. The molecule has 0 saturated carbocycles. The van der Waals surface area contributed by atoms with Gasteiger partial charge in [0, 0.05) is 51.5 Å². The Morgan fingerprint density at radius 1 is 1.37 bits per heavy atom. The molecule has 2 aliphatic heterocycles. The molecule has 2 atom stereocenters. The molecule has 6 nitrogen and oxygen atoms in total. The van der Waals surface area contributed by atoms with E-state index in [1.165, 1.54) is 30.6 Å². The molecule has 2 aliphatic rings. The number of anilines is 1. The zero-order valence-electron chi connectivity index (χ0n) is 17.1. The summed E-state index contributed by atoms with van der Waals surface area (Å²) in [6, 6.07) is 9.33. The van der Waals surface area contributed by atoms with Crippen LogP contribution >= 0.6 is 0 Å². The van der Waals surface area contributed by atoms with Crippen LogP contribution < -0.4 is 15.5 Å². The van der Waals surface area contributed by atoms with E-state index < -0.39 is 0 Å². The van der Waals surface area contributed by atoms with Crippen molar-refractivity contribution in [2.45, 2.75) is 38.8 Å². The minimum absolute atomic E-state index is 0.248. The number of aryl methyl sites for hydroxylation is 1. The van der Waals surface area contributed by atoms with Crippen LogP contribution in [0.4, 0.5) is 5.69 Å². The van der Waals surface area contributed by atoms with Crippen molar-refractivity contribution in [1.29, 1.82) is 0 Å². The molecular weight excluding hydrogens is 338 g/mol. The third-order valence-corrected chi connectivity index (χ3v) is 5.61. The van der Waals surface area contributed by atoms with E-state index in [1.54, 1.807) is 0 Å². The first-order chi connectivity index (χ1) is 13.2. The van der Waals surface area contributed by atoms with Crippen molar-refractivity contribution in [3.63, 3.8) is 0 Å². The molecule has 0 radical (unpaired) electrons. The Labute approximate surface area is 164 Å². The van der Waals surface area contributed by atoms with Gasteiger partial charge in [-0.1, -0.05) is 12.1 Å². The second-order valence-corrected chi connectivity index (χ2v) is 7.54. The third-order valence-electron chi connectivity index (χ3n) is 5.61. The predicted molar refractivity (Wildman–Crippen MR) is 113 cm³/mol. The highest BCUT2D eigenvalue weighted by atomic mass is 16.5. The van der Waals surface area contributed by atoms with Gasteiger partial charge in [0.1, 0.15) is 0 Å². The number of nitrogens with one attached hydrogen (secondary N) is 2. The number of likely N-dealkylation sites (N-methyl/N-ethyl adjacent to an activating group) is 1. The zero-order valence-corrected chi connectivity index (χ0v) is 17.1. The van der Waals surface area contributed by atoms with Crippen LogP contribution in [0.25, 0.3) is 0 Å². The second-order valence-electron chi connectivity index (χ2n) is 7.54. The summed E-state index contributed by atoms with van der Waals surface area (Å²) < 4.78 is 6.02. The maximum atomic E-state index is 6.02. The van der Waals surface area contributed by atoms with Gasteiger partial charge >= 0.3 is 0 Å². The lowest BCUT2D eigenvalue weighted by Gasteiger charge is -2.35. The van der Waals surface area contributed by atoms with Crippen molar-refractivity contribution in [3.05, 3.63) is 29.8 Å². The summed E-state index contributed by atoms with van der Waals surface area (Å²) in [5, 5.41) is 6.86. The summed E-state index contributed by atoms with van der Waals surface area (Å²) >= 11 is 0. The average Bonchev–Trinajstić information content (AvgIpc) is 3.15. The quantitative estimate of drug-likeness (QED) is 0.564. The van der Waals surface area contributed by atoms with Crippen LogP contribution in [0.15, 0.2) is 29.3 Å². The number of rotatable bonds is 7. The van der Waals surface area contributed by atoms with Crippen molar-refractivity contribution in [1.82, 2.24) is 15.5 Å². The van der Waals surface area contributed by atoms with E-state index in [9.17, 15) is 0 Å². The van der Waals surface area contributed by atoms with Crippen molar-refractivity contribution in [2.24, 2.45) is 4.99 Å². The molecule has 2 unspecified atom stereocenters. The van der Waals surface area contributed by atoms with Crippen LogP contribution in [0, 0.1) is 6.92 Å². The number of ether oxygens (including phenoxy) is 1. The van der Waals surface area contributed by atoms with E-state index in [0.717, 1.165) is 45.3 Å². The lowest BCUT2D eigenvalue weighted by molar-refractivity contribution is -0.0453. The normalized spacial score (nSPS) is 23.1. The van der Waals surface area contributed by atoms with Crippen LogP contribution in [-0.4, -0.2) is 75.9 Å². The van der Waals surface area contributed by atoms with Gasteiger partial charge in [-0.25, -0.2) is 0 Å². The van der Waals surface area contributed by atoms with E-state index in [2.05, 4.69) is 63.5 Å². The smallest absolute Gasteiger partial charge is 0.191 e. The van der Waals surface area contributed by atoms with E-state index >= 15 is 0 Å². The van der Waals surface area contributed by atoms with Gasteiger partial charge < -0.3 is 20.3 Å². The first-order valence-electron chi connectivity index (χ1n) is 10.3. The second kappa shape index (κ2) is 9.95. The van der Waals surface area contributed by atoms with E-state index in [-0.39, 0.29) is 6.10 Å². The standard InChI is InChI=1S/C21H35N5O/c1-4-25(18-8-5-7-17(2)13-18)12-10-23-21(22-3)24-14-20-15-26-11-6-9-19(26)16-27-20/h5,7-8,13,19-20H,4,6,9-12,14-16H2,1-3H3,(H2,22,23,24). The highest BCUT2D eigenvalue weighted by Crippen LogP contribution is 2.22. The van der Waals surface area contributed by atoms with Crippen LogP contribution in [0.1, 0.15) is 25.3 Å². The fourth-order valence-electron chi connectivity index (χ4n) is 4.04. The van der Waals surface area contributed by atoms with Crippen molar-refractivity contribution in [2.75, 3.05) is 57.8 Å². The Hall–Kier alpha value is -1.79. The number of aliphatic imine (C=N–C) groups is 1. The Kier molecular flexibility index (Phi) is 7.35. The third kappa shape index (κ3) is 5.59. The van der Waals surface area contributed by atoms with Gasteiger partial charge in [0.05, 0.1) is 12.7 Å². The lowest BCUT2D eigenvalue weighted by Crippen LogP contribution is -2.51. The number of fused-ring (bicyclic) bond motifs is 1. The fraction of sp³-hybridized carbons (Fsp3) is 0.667. The van der Waals surface area contributed by atoms with Gasteiger partial charge in [-0.05, 0) is 50.9 Å². The Bertz CT molecular complexity index is 620. The van der Waals surface area contributed by atoms with Gasteiger partial charge in [-0.2, -0.15) is 0 Å². The number of guanidine groups is 1. The molecular formula is C21H35N5O. The van der Waals surface area contributed by atoms with E-state index in [4.69, 9.17) is 4.74 Å². The van der Waals surface area contributed by atoms with Crippen molar-refractivity contribution in [3.8, 4) is 0 Å². The molecule has 0 spiro atoms. The van der Waals surface area contributed by atoms with Crippen molar-refractivity contribution < 1.29 is 4.74 Å². The number of benzene rings is 1. The highest BCUT2D eigenvalue weighted by molar-refractivity contribution is 5.79. The molecule has 2 saturated heterocycles. The topological polar surface area (TPSA) is 52.1 Å². The predicted octanol–water partition coefficient (Wildman–Crippen LogP) is 1.85. The fourth-order valence-corrected chi connectivity index (χ4v) is 4.04. The summed E-state index contributed by atoms with van der Waals surface area (Å²) in [5.74, 6) is 0.849. The molecule has 1 aromatic rings. The lowest BCUT2D eigenvalue weighted by atomic mass is 10.2. The molecule has 0 aromatic heterocycles. The summed E-state index contributed by atoms with van der Waals surface area (Å²) in [5.41, 5.74) is 2.57. The van der Waals surface area contributed by atoms with Gasteiger partial charge in [-0.3, -0.25) is 9.89 Å². The number of nitrogens with zero attached hydrogens (tertiary/aromatic N) is 3. The Balaban J connectivity index is 1.39. The molecule has 27 heavy (non-hydrogen) atoms. The molecule has 0 amide bonds. The molecule has 150 valence electrons. The van der Waals surface area contributed by atoms with E-state index in [1.807, 2.05) is 7.05 Å². The van der Waals surface area contributed by atoms with Gasteiger partial charge in [0.25, 0.3) is 0 Å². The molecule has 6 heteroatoms. The maximum absolute atomic E-state index is 6.02. The largest absolute Gasteiger partial charge is 0.373 e. The van der Waals surface area contributed by atoms with Crippen LogP contribution in [0.3, 0.4) is 0 Å². The summed E-state index contributed by atoms with van der Waals surface area (Å²) in [6.45, 7) is 11.1. The average molecular weight is 374 g/mol. The van der Waals surface area contributed by atoms with Crippen LogP contribution in [0.2, 0.25) is 0 Å². The summed E-state index contributed by atoms with van der Waals surface area (Å²) in [4.78, 5) is 9.31. The van der Waals surface area contributed by atoms with E-state index in [0.29, 0.717) is 6.04 Å². The first kappa shape index (κ1) is 20.0. The highest BCUT2D eigenvalue weighted by Gasteiger charge is 2.32. The van der Waals surface area contributed by atoms with Crippen LogP contribution in [0.5, 0.6) is 0 Å². The summed E-state index contributed by atoms with van der Waals surface area (Å²) in [6.07, 6.45) is 2.85.